The van der Waals surface area contributed by atoms with Gasteiger partial charge in [-0.05, 0) is 46.2 Å². The number of nitrogens with zero attached hydrogens (tertiary/aromatic N) is 3. The van der Waals surface area contributed by atoms with Crippen molar-refractivity contribution in [3.63, 3.8) is 0 Å². The molecule has 6 heteroatoms. The quantitative estimate of drug-likeness (QED) is 0.583. The van der Waals surface area contributed by atoms with Crippen molar-refractivity contribution in [1.29, 1.82) is 0 Å². The molecule has 0 aromatic heterocycles. The Balaban J connectivity index is 1.91. The molecule has 102 valence electrons. The maximum absolute atomic E-state index is 9.65. The first-order chi connectivity index (χ1) is 8.59. The predicted molar refractivity (Wildman–Crippen MR) is 79.8 cm³/mol. The van der Waals surface area contributed by atoms with Gasteiger partial charge in [0.15, 0.2) is 0 Å². The van der Waals surface area contributed by atoms with Gasteiger partial charge in [0.1, 0.15) is 0 Å². The van der Waals surface area contributed by atoms with Crippen LogP contribution >= 0.6 is 12.2 Å². The number of hydrogen-bond acceptors (Lipinski definition) is 4. The van der Waals surface area contributed by atoms with Crippen LogP contribution in [-0.4, -0.2) is 77.5 Å². The minimum atomic E-state index is -0.340. The molecule has 0 aromatic carbocycles. The highest BCUT2D eigenvalue weighted by atomic mass is 32.1. The van der Waals surface area contributed by atoms with Crippen LogP contribution in [0.25, 0.3) is 0 Å². The molecule has 2 rings (SSSR count). The summed E-state index contributed by atoms with van der Waals surface area (Å²) < 4.78 is 0. The maximum Gasteiger partial charge on any atom is 0.376 e. The van der Waals surface area contributed by atoms with Crippen molar-refractivity contribution in [3.8, 4) is 0 Å². The molecule has 0 spiro atoms. The topological polar surface area (TPSA) is 30.0 Å². The molecule has 0 amide bonds. The second-order valence-electron chi connectivity index (χ2n) is 5.49. The minimum Gasteiger partial charge on any atom is -0.437 e. The monoisotopic (exact) mass is 269 g/mol. The molecule has 0 bridgehead atoms. The molecule has 2 saturated heterocycles. The van der Waals surface area contributed by atoms with Crippen molar-refractivity contribution in [2.24, 2.45) is 0 Å². The Labute approximate surface area is 116 Å². The van der Waals surface area contributed by atoms with E-state index < -0.39 is 0 Å². The zero-order valence-corrected chi connectivity index (χ0v) is 12.3. The SMILES string of the molecule is CB(O)N1CCCN(C(=S)[C@@H]2CCCN2C)CC1. The Bertz CT molecular complexity index is 303. The molecule has 0 unspecified atom stereocenters. The molecular weight excluding hydrogens is 245 g/mol. The third-order valence-corrected chi connectivity index (χ3v) is 4.71. The summed E-state index contributed by atoms with van der Waals surface area (Å²) in [6, 6.07) is 0.457. The van der Waals surface area contributed by atoms with Crippen LogP contribution in [0.5, 0.6) is 0 Å². The van der Waals surface area contributed by atoms with Crippen LogP contribution in [0.15, 0.2) is 0 Å². The number of likely N-dealkylation sites (tertiary alicyclic amines) is 1. The van der Waals surface area contributed by atoms with Crippen LogP contribution in [0.4, 0.5) is 0 Å². The fraction of sp³-hybridized carbons (Fsp3) is 0.917. The summed E-state index contributed by atoms with van der Waals surface area (Å²) >= 11 is 5.68. The van der Waals surface area contributed by atoms with Crippen LogP contribution in [0.1, 0.15) is 19.3 Å². The van der Waals surface area contributed by atoms with Gasteiger partial charge in [-0.15, -0.1) is 0 Å². The van der Waals surface area contributed by atoms with E-state index in [-0.39, 0.29) is 7.05 Å². The van der Waals surface area contributed by atoms with Crippen molar-refractivity contribution in [3.05, 3.63) is 0 Å². The molecule has 0 saturated carbocycles. The van der Waals surface area contributed by atoms with E-state index in [0.717, 1.165) is 37.6 Å². The lowest BCUT2D eigenvalue weighted by Gasteiger charge is -2.30. The molecule has 2 aliphatic rings. The molecule has 1 atom stereocenters. The lowest BCUT2D eigenvalue weighted by molar-refractivity contribution is 0.333. The molecule has 4 nitrogen and oxygen atoms in total. The third kappa shape index (κ3) is 3.23. The molecular formula is C12H24BN3OS. The number of thiocarbonyl (C=S) groups is 1. The Morgan fingerprint density at radius 1 is 1.17 bits per heavy atom. The maximum atomic E-state index is 9.65. The standard InChI is InChI=1S/C12H24BN3OS/c1-13(17)16-8-4-7-15(9-10-16)12(18)11-5-3-6-14(11)2/h11,17H,3-10H2,1-2H3/t11-/m0/s1. The zero-order chi connectivity index (χ0) is 13.1. The fourth-order valence-electron chi connectivity index (χ4n) is 2.96. The van der Waals surface area contributed by atoms with Gasteiger partial charge in [0, 0.05) is 19.6 Å². The van der Waals surface area contributed by atoms with E-state index >= 15 is 0 Å². The Morgan fingerprint density at radius 3 is 2.56 bits per heavy atom. The van der Waals surface area contributed by atoms with Gasteiger partial charge in [-0.25, -0.2) is 0 Å². The summed E-state index contributed by atoms with van der Waals surface area (Å²) in [4.78, 5) is 7.97. The van der Waals surface area contributed by atoms with Crippen molar-refractivity contribution >= 4 is 24.3 Å². The van der Waals surface area contributed by atoms with Gasteiger partial charge in [-0.1, -0.05) is 12.2 Å². The van der Waals surface area contributed by atoms with E-state index in [2.05, 4.69) is 21.7 Å². The van der Waals surface area contributed by atoms with Gasteiger partial charge >= 0.3 is 7.05 Å². The lowest BCUT2D eigenvalue weighted by atomic mass is 9.85. The lowest BCUT2D eigenvalue weighted by Crippen LogP contribution is -2.45. The van der Waals surface area contributed by atoms with Crippen molar-refractivity contribution < 1.29 is 5.02 Å². The van der Waals surface area contributed by atoms with Gasteiger partial charge in [-0.2, -0.15) is 0 Å². The zero-order valence-electron chi connectivity index (χ0n) is 11.5. The van der Waals surface area contributed by atoms with Crippen LogP contribution in [0, 0.1) is 0 Å². The van der Waals surface area contributed by atoms with Crippen LogP contribution in [0.2, 0.25) is 6.82 Å². The van der Waals surface area contributed by atoms with Gasteiger partial charge < -0.3 is 14.7 Å². The molecule has 1 N–H and O–H groups in total. The number of rotatable bonds is 2. The Hall–Kier alpha value is -0.165. The highest BCUT2D eigenvalue weighted by Crippen LogP contribution is 2.19. The summed E-state index contributed by atoms with van der Waals surface area (Å²) in [6.07, 6.45) is 3.54. The first kappa shape index (κ1) is 14.2. The number of likely N-dealkylation sites (N-methyl/N-ethyl adjacent to an activating group) is 1. The first-order valence-electron chi connectivity index (χ1n) is 7.00. The normalized spacial score (nSPS) is 27.3. The molecule has 0 aliphatic carbocycles. The summed E-state index contributed by atoms with van der Waals surface area (Å²) in [5.74, 6) is 0. The van der Waals surface area contributed by atoms with Crippen LogP contribution in [-0.2, 0) is 0 Å². The Kier molecular flexibility index (Phi) is 5.01. The summed E-state index contributed by atoms with van der Waals surface area (Å²) in [6.45, 7) is 6.88. The molecule has 2 aliphatic heterocycles. The number of hydrogen-bond donors (Lipinski definition) is 1. The third-order valence-electron chi connectivity index (χ3n) is 4.18. The van der Waals surface area contributed by atoms with Crippen LogP contribution < -0.4 is 0 Å². The molecule has 18 heavy (non-hydrogen) atoms. The predicted octanol–water partition coefficient (Wildman–Crippen LogP) is 0.526. The van der Waals surface area contributed by atoms with Gasteiger partial charge in [-0.3, -0.25) is 4.90 Å². The highest BCUT2D eigenvalue weighted by molar-refractivity contribution is 7.80. The molecule has 0 aromatic rings. The molecule has 2 fully saturated rings. The summed E-state index contributed by atoms with van der Waals surface area (Å²) in [7, 11) is 1.83. The van der Waals surface area contributed by atoms with E-state index in [1.165, 1.54) is 19.4 Å². The molecule has 0 radical (unpaired) electrons. The molecule has 2 heterocycles. The first-order valence-corrected chi connectivity index (χ1v) is 7.41. The summed E-state index contributed by atoms with van der Waals surface area (Å²) in [5, 5.41) is 9.65. The average molecular weight is 269 g/mol. The average Bonchev–Trinajstić information content (AvgIpc) is 2.63. The van der Waals surface area contributed by atoms with E-state index in [1.807, 2.05) is 6.82 Å². The Morgan fingerprint density at radius 2 is 1.94 bits per heavy atom. The van der Waals surface area contributed by atoms with E-state index in [1.54, 1.807) is 0 Å². The largest absolute Gasteiger partial charge is 0.437 e. The highest BCUT2D eigenvalue weighted by Gasteiger charge is 2.29. The van der Waals surface area contributed by atoms with E-state index in [4.69, 9.17) is 12.2 Å². The van der Waals surface area contributed by atoms with Gasteiger partial charge in [0.05, 0.1) is 11.0 Å². The van der Waals surface area contributed by atoms with Crippen molar-refractivity contribution in [1.82, 2.24) is 14.6 Å². The van der Waals surface area contributed by atoms with Crippen LogP contribution in [0.3, 0.4) is 0 Å². The minimum absolute atomic E-state index is 0.340. The smallest absolute Gasteiger partial charge is 0.376 e. The van der Waals surface area contributed by atoms with E-state index in [0.29, 0.717) is 6.04 Å². The second kappa shape index (κ2) is 6.32. The fourth-order valence-corrected chi connectivity index (χ4v) is 3.44. The van der Waals surface area contributed by atoms with Crippen molar-refractivity contribution in [2.45, 2.75) is 32.1 Å². The van der Waals surface area contributed by atoms with Crippen molar-refractivity contribution in [2.75, 3.05) is 39.8 Å². The van der Waals surface area contributed by atoms with E-state index in [9.17, 15) is 5.02 Å². The van der Waals surface area contributed by atoms with Gasteiger partial charge in [0.25, 0.3) is 0 Å². The van der Waals surface area contributed by atoms with Gasteiger partial charge in [0.2, 0.25) is 0 Å². The second-order valence-corrected chi connectivity index (χ2v) is 5.90. The summed E-state index contributed by atoms with van der Waals surface area (Å²) in [5.41, 5.74) is 0.